The third-order valence-corrected chi connectivity index (χ3v) is 4.38. The largest absolute Gasteiger partial charge is 0.206 e. The zero-order valence-electron chi connectivity index (χ0n) is 12.7. The summed E-state index contributed by atoms with van der Waals surface area (Å²) >= 11 is 0. The molecule has 106 valence electrons. The van der Waals surface area contributed by atoms with Gasteiger partial charge in [-0.15, -0.1) is 0 Å². The first-order chi connectivity index (χ1) is 10.0. The van der Waals surface area contributed by atoms with E-state index in [0.717, 1.165) is 11.1 Å². The maximum atomic E-state index is 14.1. The first-order valence-corrected chi connectivity index (χ1v) is 7.43. The van der Waals surface area contributed by atoms with Gasteiger partial charge < -0.3 is 0 Å². The molecule has 1 heteroatoms. The fraction of sp³-hybridized carbons (Fsp3) is 0.300. The number of benzene rings is 2. The molecule has 0 aromatic heterocycles. The lowest BCUT2D eigenvalue weighted by Gasteiger charge is -2.01. The van der Waals surface area contributed by atoms with Gasteiger partial charge in [-0.1, -0.05) is 30.9 Å². The molecule has 1 fully saturated rings. The average molecular weight is 278 g/mol. The summed E-state index contributed by atoms with van der Waals surface area (Å²) in [5.41, 5.74) is 4.97. The third-order valence-electron chi connectivity index (χ3n) is 4.38. The van der Waals surface area contributed by atoms with Crippen molar-refractivity contribution in [3.8, 4) is 11.8 Å². The van der Waals surface area contributed by atoms with E-state index >= 15 is 0 Å². The van der Waals surface area contributed by atoms with Crippen molar-refractivity contribution in [2.24, 2.45) is 5.92 Å². The van der Waals surface area contributed by atoms with Crippen molar-refractivity contribution in [2.45, 2.75) is 33.1 Å². The van der Waals surface area contributed by atoms with Crippen LogP contribution in [0.5, 0.6) is 0 Å². The predicted octanol–water partition coefficient (Wildman–Crippen LogP) is 4.97. The molecule has 0 radical (unpaired) electrons. The second-order valence-electron chi connectivity index (χ2n) is 6.11. The molecule has 0 nitrogen and oxygen atoms in total. The zero-order valence-corrected chi connectivity index (χ0v) is 12.7. The summed E-state index contributed by atoms with van der Waals surface area (Å²) in [6.45, 7) is 6.34. The van der Waals surface area contributed by atoms with Crippen molar-refractivity contribution in [1.82, 2.24) is 0 Å². The second-order valence-corrected chi connectivity index (χ2v) is 6.11. The highest BCUT2D eigenvalue weighted by Crippen LogP contribution is 2.46. The van der Waals surface area contributed by atoms with E-state index in [4.69, 9.17) is 0 Å². The molecule has 1 saturated carbocycles. The van der Waals surface area contributed by atoms with E-state index in [2.05, 4.69) is 32.6 Å². The molecule has 3 rings (SSSR count). The van der Waals surface area contributed by atoms with E-state index < -0.39 is 0 Å². The molecule has 2 atom stereocenters. The normalized spacial score (nSPS) is 19.8. The van der Waals surface area contributed by atoms with E-state index in [1.807, 2.05) is 30.3 Å². The maximum Gasteiger partial charge on any atom is 0.139 e. The lowest BCUT2D eigenvalue weighted by molar-refractivity contribution is 0.621. The summed E-state index contributed by atoms with van der Waals surface area (Å²) in [4.78, 5) is 0. The molecule has 1 aliphatic rings. The Morgan fingerprint density at radius 3 is 2.38 bits per heavy atom. The highest BCUT2D eigenvalue weighted by atomic mass is 19.1. The van der Waals surface area contributed by atoms with Crippen LogP contribution in [0.2, 0.25) is 0 Å². The predicted molar refractivity (Wildman–Crippen MR) is 84.8 cm³/mol. The van der Waals surface area contributed by atoms with Gasteiger partial charge in [0.2, 0.25) is 0 Å². The van der Waals surface area contributed by atoms with Gasteiger partial charge in [0, 0.05) is 5.56 Å². The molecular formula is C20H19F. The van der Waals surface area contributed by atoms with Gasteiger partial charge in [0.05, 0.1) is 5.56 Å². The Kier molecular flexibility index (Phi) is 3.55. The van der Waals surface area contributed by atoms with Gasteiger partial charge in [0.1, 0.15) is 5.82 Å². The van der Waals surface area contributed by atoms with Crippen molar-refractivity contribution in [1.29, 1.82) is 0 Å². The van der Waals surface area contributed by atoms with Crippen molar-refractivity contribution in [3.63, 3.8) is 0 Å². The number of halogens is 1. The van der Waals surface area contributed by atoms with Crippen LogP contribution in [-0.4, -0.2) is 0 Å². The number of rotatable bonds is 1. The fourth-order valence-electron chi connectivity index (χ4n) is 2.61. The molecule has 2 aromatic rings. The van der Waals surface area contributed by atoms with Crippen LogP contribution in [0.4, 0.5) is 4.39 Å². The topological polar surface area (TPSA) is 0 Å². The Hall–Kier alpha value is -2.07. The minimum Gasteiger partial charge on any atom is -0.206 e. The van der Waals surface area contributed by atoms with Crippen LogP contribution in [0.3, 0.4) is 0 Å². The van der Waals surface area contributed by atoms with Crippen LogP contribution in [0.25, 0.3) is 0 Å². The maximum absolute atomic E-state index is 14.1. The summed E-state index contributed by atoms with van der Waals surface area (Å²) in [5, 5.41) is 0. The summed E-state index contributed by atoms with van der Waals surface area (Å²) in [6, 6.07) is 11.5. The Bertz CT molecular complexity index is 746. The summed E-state index contributed by atoms with van der Waals surface area (Å²) in [7, 11) is 0. The average Bonchev–Trinajstić information content (AvgIpc) is 3.18. The quantitative estimate of drug-likeness (QED) is 0.646. The molecule has 2 unspecified atom stereocenters. The standard InChI is InChI=1S/C20H19F/c1-13-4-5-16(10-14(13)2)6-7-17-8-9-18(12-20(17)21)19-11-15(19)3/h4-5,8-10,12,15,19H,11H2,1-3H3. The van der Waals surface area contributed by atoms with E-state index in [-0.39, 0.29) is 5.82 Å². The molecular weight excluding hydrogens is 259 g/mol. The van der Waals surface area contributed by atoms with Gasteiger partial charge in [0.25, 0.3) is 0 Å². The lowest BCUT2D eigenvalue weighted by Crippen LogP contribution is -1.89. The molecule has 0 N–H and O–H groups in total. The number of aryl methyl sites for hydroxylation is 2. The second kappa shape index (κ2) is 5.37. The Morgan fingerprint density at radius 1 is 1.00 bits per heavy atom. The van der Waals surface area contributed by atoms with E-state index in [9.17, 15) is 4.39 Å². The van der Waals surface area contributed by atoms with E-state index in [0.29, 0.717) is 17.4 Å². The van der Waals surface area contributed by atoms with Gasteiger partial charge in [-0.2, -0.15) is 0 Å². The van der Waals surface area contributed by atoms with Crippen LogP contribution in [0, 0.1) is 37.4 Å². The van der Waals surface area contributed by atoms with E-state index in [1.165, 1.54) is 17.5 Å². The van der Waals surface area contributed by atoms with Gasteiger partial charge in [0.15, 0.2) is 0 Å². The highest BCUT2D eigenvalue weighted by molar-refractivity contribution is 5.46. The molecule has 0 spiro atoms. The molecule has 2 aromatic carbocycles. The smallest absolute Gasteiger partial charge is 0.139 e. The molecule has 0 saturated heterocycles. The Morgan fingerprint density at radius 2 is 1.76 bits per heavy atom. The first kappa shape index (κ1) is 13.9. The molecule has 1 aliphatic carbocycles. The molecule has 0 heterocycles. The van der Waals surface area contributed by atoms with Gasteiger partial charge in [-0.25, -0.2) is 4.39 Å². The third kappa shape index (κ3) is 3.00. The fourth-order valence-corrected chi connectivity index (χ4v) is 2.61. The van der Waals surface area contributed by atoms with Crippen LogP contribution < -0.4 is 0 Å². The SMILES string of the molecule is Cc1ccc(C#Cc2ccc(C3CC3C)cc2F)cc1C. The Balaban J connectivity index is 1.85. The van der Waals surface area contributed by atoms with Crippen molar-refractivity contribution in [3.05, 3.63) is 70.0 Å². The first-order valence-electron chi connectivity index (χ1n) is 7.43. The van der Waals surface area contributed by atoms with Crippen LogP contribution in [-0.2, 0) is 0 Å². The molecule has 21 heavy (non-hydrogen) atoms. The van der Waals surface area contributed by atoms with Gasteiger partial charge in [-0.3, -0.25) is 0 Å². The number of hydrogen-bond acceptors (Lipinski definition) is 0. The van der Waals surface area contributed by atoms with Crippen molar-refractivity contribution < 1.29 is 4.39 Å². The molecule has 0 amide bonds. The summed E-state index contributed by atoms with van der Waals surface area (Å²) < 4.78 is 14.1. The monoisotopic (exact) mass is 278 g/mol. The van der Waals surface area contributed by atoms with Crippen LogP contribution in [0.1, 0.15) is 47.1 Å². The summed E-state index contributed by atoms with van der Waals surface area (Å²) in [5.74, 6) is 7.03. The Labute approximate surface area is 126 Å². The molecule has 0 aliphatic heterocycles. The van der Waals surface area contributed by atoms with E-state index in [1.54, 1.807) is 6.07 Å². The van der Waals surface area contributed by atoms with Crippen LogP contribution >= 0.6 is 0 Å². The zero-order chi connectivity index (χ0) is 15.0. The summed E-state index contributed by atoms with van der Waals surface area (Å²) in [6.07, 6.45) is 1.17. The molecule has 0 bridgehead atoms. The minimum absolute atomic E-state index is 0.206. The van der Waals surface area contributed by atoms with Gasteiger partial charge in [-0.05, 0) is 73.1 Å². The lowest BCUT2D eigenvalue weighted by atomic mass is 10.0. The van der Waals surface area contributed by atoms with Crippen LogP contribution in [0.15, 0.2) is 36.4 Å². The number of hydrogen-bond donors (Lipinski definition) is 0. The van der Waals surface area contributed by atoms with Crippen molar-refractivity contribution in [2.75, 3.05) is 0 Å². The highest BCUT2D eigenvalue weighted by Gasteiger charge is 2.34. The van der Waals surface area contributed by atoms with Crippen molar-refractivity contribution >= 4 is 0 Å². The van der Waals surface area contributed by atoms with Gasteiger partial charge >= 0.3 is 0 Å². The minimum atomic E-state index is -0.206.